The lowest BCUT2D eigenvalue weighted by Gasteiger charge is -2.46. The van der Waals surface area contributed by atoms with Gasteiger partial charge in [0.05, 0.1) is 11.5 Å². The number of rotatable bonds is 3. The van der Waals surface area contributed by atoms with E-state index in [4.69, 9.17) is 9.84 Å². The largest absolute Gasteiger partial charge is 0.481 e. The highest BCUT2D eigenvalue weighted by atomic mass is 32.1. The number of aliphatic carboxylic acids is 1. The number of hydrogen-bond donors (Lipinski definition) is 2. The fourth-order valence-corrected chi connectivity index (χ4v) is 3.36. The van der Waals surface area contributed by atoms with Gasteiger partial charge in [-0.15, -0.1) is 11.3 Å². The smallest absolute Gasteiger partial charge is 0.408 e. The van der Waals surface area contributed by atoms with Gasteiger partial charge in [-0.2, -0.15) is 0 Å². The Labute approximate surface area is 128 Å². The first-order valence-electron chi connectivity index (χ1n) is 6.91. The van der Waals surface area contributed by atoms with Crippen LogP contribution in [-0.4, -0.2) is 22.8 Å². The summed E-state index contributed by atoms with van der Waals surface area (Å²) in [7, 11) is 0. The van der Waals surface area contributed by atoms with Crippen molar-refractivity contribution in [3.05, 3.63) is 21.9 Å². The average molecular weight is 311 g/mol. The molecule has 2 N–H and O–H groups in total. The number of alkyl carbamates (subject to hydrolysis) is 1. The third-order valence-electron chi connectivity index (χ3n) is 3.56. The van der Waals surface area contributed by atoms with Gasteiger partial charge >= 0.3 is 12.1 Å². The lowest BCUT2D eigenvalue weighted by molar-refractivity contribution is -0.148. The van der Waals surface area contributed by atoms with E-state index in [0.717, 1.165) is 10.4 Å². The molecule has 5 nitrogen and oxygen atoms in total. The average Bonchev–Trinajstić information content (AvgIpc) is 2.66. The van der Waals surface area contributed by atoms with Crippen LogP contribution in [0.15, 0.2) is 11.4 Å². The zero-order chi connectivity index (χ0) is 15.8. The van der Waals surface area contributed by atoms with Gasteiger partial charge in [-0.3, -0.25) is 4.79 Å². The van der Waals surface area contributed by atoms with E-state index >= 15 is 0 Å². The molecule has 0 radical (unpaired) electrons. The van der Waals surface area contributed by atoms with Gasteiger partial charge in [0.2, 0.25) is 0 Å². The molecule has 0 aliphatic heterocycles. The zero-order valence-electron chi connectivity index (χ0n) is 12.7. The first-order chi connectivity index (χ1) is 9.61. The minimum atomic E-state index is -0.816. The zero-order valence-corrected chi connectivity index (χ0v) is 13.5. The number of carboxylic acid groups (broad SMARTS) is 1. The molecule has 1 aromatic rings. The minimum Gasteiger partial charge on any atom is -0.481 e. The van der Waals surface area contributed by atoms with Gasteiger partial charge in [0.15, 0.2) is 0 Å². The van der Waals surface area contributed by atoms with E-state index in [2.05, 4.69) is 5.32 Å². The Hall–Kier alpha value is -1.56. The highest BCUT2D eigenvalue weighted by Crippen LogP contribution is 2.47. The van der Waals surface area contributed by atoms with Gasteiger partial charge in [0.1, 0.15) is 5.60 Å². The highest BCUT2D eigenvalue weighted by molar-refractivity contribution is 7.10. The van der Waals surface area contributed by atoms with Crippen LogP contribution in [0.25, 0.3) is 0 Å². The van der Waals surface area contributed by atoms with Crippen molar-refractivity contribution in [2.75, 3.05) is 0 Å². The molecule has 1 aromatic heterocycles. The molecular weight excluding hydrogens is 290 g/mol. The number of hydrogen-bond acceptors (Lipinski definition) is 4. The van der Waals surface area contributed by atoms with Crippen LogP contribution >= 0.6 is 11.3 Å². The molecule has 2 rings (SSSR count). The molecule has 1 aliphatic rings. The van der Waals surface area contributed by atoms with E-state index < -0.39 is 29.1 Å². The Kier molecular flexibility index (Phi) is 4.02. The third kappa shape index (κ3) is 3.56. The van der Waals surface area contributed by atoms with Crippen LogP contribution in [0.4, 0.5) is 4.79 Å². The number of carbonyl (C=O) groups is 2. The van der Waals surface area contributed by atoms with Crippen molar-refractivity contribution in [1.82, 2.24) is 5.32 Å². The van der Waals surface area contributed by atoms with Crippen molar-refractivity contribution < 1.29 is 19.4 Å². The molecule has 6 heteroatoms. The van der Waals surface area contributed by atoms with Gasteiger partial charge < -0.3 is 15.2 Å². The van der Waals surface area contributed by atoms with Crippen LogP contribution in [0.1, 0.15) is 44.1 Å². The monoisotopic (exact) mass is 311 g/mol. The van der Waals surface area contributed by atoms with Crippen LogP contribution in [0.2, 0.25) is 0 Å². The molecule has 116 valence electrons. The number of thiophene rings is 1. The Bertz CT molecular complexity index is 552. The number of carboxylic acids is 1. The molecule has 1 fully saturated rings. The van der Waals surface area contributed by atoms with Gasteiger partial charge in [-0.1, -0.05) is 0 Å². The molecule has 1 amide bonds. The summed E-state index contributed by atoms with van der Waals surface area (Å²) in [4.78, 5) is 24.3. The molecule has 1 aliphatic carbocycles. The summed E-state index contributed by atoms with van der Waals surface area (Å²) in [6.07, 6.45) is 0.297. The summed E-state index contributed by atoms with van der Waals surface area (Å²) in [5.74, 6) is -1.23. The van der Waals surface area contributed by atoms with Crippen molar-refractivity contribution in [1.29, 1.82) is 0 Å². The summed E-state index contributed by atoms with van der Waals surface area (Å²) in [5, 5.41) is 14.0. The highest BCUT2D eigenvalue weighted by Gasteiger charge is 2.50. The Balaban J connectivity index is 2.15. The summed E-state index contributed by atoms with van der Waals surface area (Å²) in [6, 6.07) is 2.00. The maximum absolute atomic E-state index is 12.0. The molecule has 0 spiro atoms. The second kappa shape index (κ2) is 5.33. The standard InChI is InChI=1S/C15H21NO4S/c1-9-5-11(8-21-9)15(6-10(7-15)12(17)18)16-13(19)20-14(2,3)4/h5,8,10H,6-7H2,1-4H3,(H,16,19)(H,17,18). The number of aryl methyl sites for hydroxylation is 1. The number of carbonyl (C=O) groups excluding carboxylic acids is 1. The van der Waals surface area contributed by atoms with E-state index in [9.17, 15) is 9.59 Å². The molecule has 0 bridgehead atoms. The van der Waals surface area contributed by atoms with Gasteiger partial charge in [0.25, 0.3) is 0 Å². The Morgan fingerprint density at radius 2 is 2.05 bits per heavy atom. The summed E-state index contributed by atoms with van der Waals surface area (Å²) in [6.45, 7) is 7.39. The van der Waals surface area contributed by atoms with Crippen LogP contribution in [0.3, 0.4) is 0 Å². The van der Waals surface area contributed by atoms with Crippen LogP contribution in [0, 0.1) is 12.8 Å². The maximum Gasteiger partial charge on any atom is 0.408 e. The van der Waals surface area contributed by atoms with E-state index in [1.54, 1.807) is 32.1 Å². The normalized spacial score (nSPS) is 25.0. The molecular formula is C15H21NO4S. The summed E-state index contributed by atoms with van der Waals surface area (Å²) in [5.41, 5.74) is -0.226. The first kappa shape index (κ1) is 15.8. The van der Waals surface area contributed by atoms with E-state index in [-0.39, 0.29) is 0 Å². The van der Waals surface area contributed by atoms with Crippen LogP contribution in [0.5, 0.6) is 0 Å². The Morgan fingerprint density at radius 3 is 2.48 bits per heavy atom. The predicted molar refractivity (Wildman–Crippen MR) is 80.5 cm³/mol. The molecule has 0 atom stereocenters. The van der Waals surface area contributed by atoms with E-state index in [1.165, 1.54) is 0 Å². The molecule has 0 aromatic carbocycles. The van der Waals surface area contributed by atoms with E-state index in [0.29, 0.717) is 12.8 Å². The predicted octanol–water partition coefficient (Wildman–Crippen LogP) is 3.27. The minimum absolute atomic E-state index is 0.401. The second-order valence-corrected chi connectivity index (χ2v) is 7.71. The molecule has 0 saturated heterocycles. The summed E-state index contributed by atoms with van der Waals surface area (Å²) < 4.78 is 5.30. The topological polar surface area (TPSA) is 75.6 Å². The van der Waals surface area contributed by atoms with Crippen molar-refractivity contribution in [2.45, 2.75) is 51.7 Å². The van der Waals surface area contributed by atoms with E-state index in [1.807, 2.05) is 18.4 Å². The number of ether oxygens (including phenoxy) is 1. The second-order valence-electron chi connectivity index (χ2n) is 6.60. The third-order valence-corrected chi connectivity index (χ3v) is 4.42. The van der Waals surface area contributed by atoms with Crippen molar-refractivity contribution in [3.8, 4) is 0 Å². The maximum atomic E-state index is 12.0. The quantitative estimate of drug-likeness (QED) is 0.898. The molecule has 0 unspecified atom stereocenters. The summed E-state index contributed by atoms with van der Waals surface area (Å²) >= 11 is 1.59. The molecule has 21 heavy (non-hydrogen) atoms. The van der Waals surface area contributed by atoms with Gasteiger partial charge in [-0.05, 0) is 57.5 Å². The van der Waals surface area contributed by atoms with Gasteiger partial charge in [-0.25, -0.2) is 4.79 Å². The number of nitrogens with one attached hydrogen (secondary N) is 1. The Morgan fingerprint density at radius 1 is 1.43 bits per heavy atom. The molecule has 1 saturated carbocycles. The van der Waals surface area contributed by atoms with Crippen LogP contribution in [-0.2, 0) is 15.1 Å². The number of amides is 1. The van der Waals surface area contributed by atoms with Crippen LogP contribution < -0.4 is 5.32 Å². The van der Waals surface area contributed by atoms with Crippen molar-refractivity contribution >= 4 is 23.4 Å². The lowest BCUT2D eigenvalue weighted by Crippen LogP contribution is -2.57. The fourth-order valence-electron chi connectivity index (χ4n) is 2.56. The van der Waals surface area contributed by atoms with Crippen molar-refractivity contribution in [3.63, 3.8) is 0 Å². The SMILES string of the molecule is Cc1cc(C2(NC(=O)OC(C)(C)C)CC(C(=O)O)C2)cs1. The molecule has 1 heterocycles. The van der Waals surface area contributed by atoms with Crippen molar-refractivity contribution in [2.24, 2.45) is 5.92 Å². The fraction of sp³-hybridized carbons (Fsp3) is 0.600. The lowest BCUT2D eigenvalue weighted by atomic mass is 9.65. The van der Waals surface area contributed by atoms with Gasteiger partial charge in [0, 0.05) is 4.88 Å². The first-order valence-corrected chi connectivity index (χ1v) is 7.79.